The monoisotopic (exact) mass is 216 g/mol. The Labute approximate surface area is 90.6 Å². The molecule has 0 saturated heterocycles. The second-order valence-corrected chi connectivity index (χ2v) is 3.83. The molecule has 1 unspecified atom stereocenters. The molecule has 0 aliphatic carbocycles. The second-order valence-electron chi connectivity index (χ2n) is 3.83. The highest BCUT2D eigenvalue weighted by Crippen LogP contribution is 1.90. The van der Waals surface area contributed by atoms with Gasteiger partial charge in [0.05, 0.1) is 7.11 Å². The van der Waals surface area contributed by atoms with E-state index in [1.165, 1.54) is 14.0 Å². The molecule has 0 spiro atoms. The molecule has 0 rings (SSSR count). The van der Waals surface area contributed by atoms with Crippen LogP contribution in [0.15, 0.2) is 0 Å². The first-order valence-electron chi connectivity index (χ1n) is 5.03. The average Bonchev–Trinajstić information content (AvgIpc) is 2.14. The van der Waals surface area contributed by atoms with Crippen LogP contribution in [0.3, 0.4) is 0 Å². The molecule has 1 atom stereocenters. The second kappa shape index (κ2) is 7.23. The molecule has 88 valence electrons. The van der Waals surface area contributed by atoms with Crippen LogP contribution >= 0.6 is 0 Å². The Balaban J connectivity index is 4.01. The van der Waals surface area contributed by atoms with E-state index in [9.17, 15) is 9.59 Å². The zero-order chi connectivity index (χ0) is 11.8. The lowest BCUT2D eigenvalue weighted by molar-refractivity contribution is -0.144. The van der Waals surface area contributed by atoms with Crippen LogP contribution in [0.25, 0.3) is 0 Å². The first-order valence-corrected chi connectivity index (χ1v) is 5.03. The predicted octanol–water partition coefficient (Wildman–Crippen LogP) is -0.0903. The number of nitrogens with one attached hydrogen (secondary N) is 2. The Morgan fingerprint density at radius 3 is 2.27 bits per heavy atom. The lowest BCUT2D eigenvalue weighted by Crippen LogP contribution is -2.47. The molecule has 0 fully saturated rings. The summed E-state index contributed by atoms with van der Waals surface area (Å²) >= 11 is 0. The van der Waals surface area contributed by atoms with Crippen LogP contribution < -0.4 is 10.6 Å². The maximum absolute atomic E-state index is 11.2. The van der Waals surface area contributed by atoms with E-state index in [1.807, 2.05) is 0 Å². The SMILES string of the molecule is COC(=O)C(CNCC(C)C)NC(C)=O. The summed E-state index contributed by atoms with van der Waals surface area (Å²) in [7, 11) is 1.31. The van der Waals surface area contributed by atoms with Crippen LogP contribution in [0.4, 0.5) is 0 Å². The Morgan fingerprint density at radius 1 is 1.27 bits per heavy atom. The molecular formula is C10H20N2O3. The van der Waals surface area contributed by atoms with Crippen LogP contribution in [-0.2, 0) is 14.3 Å². The van der Waals surface area contributed by atoms with E-state index >= 15 is 0 Å². The van der Waals surface area contributed by atoms with Crippen molar-refractivity contribution in [2.45, 2.75) is 26.8 Å². The van der Waals surface area contributed by atoms with Crippen LogP contribution in [0.2, 0.25) is 0 Å². The summed E-state index contributed by atoms with van der Waals surface area (Å²) in [4.78, 5) is 22.1. The highest BCUT2D eigenvalue weighted by molar-refractivity contribution is 5.83. The summed E-state index contributed by atoms with van der Waals surface area (Å²) < 4.78 is 4.58. The van der Waals surface area contributed by atoms with E-state index in [-0.39, 0.29) is 5.91 Å². The van der Waals surface area contributed by atoms with Gasteiger partial charge in [-0.15, -0.1) is 0 Å². The van der Waals surface area contributed by atoms with Gasteiger partial charge >= 0.3 is 5.97 Å². The maximum atomic E-state index is 11.2. The van der Waals surface area contributed by atoms with Crippen molar-refractivity contribution in [1.82, 2.24) is 10.6 Å². The Bertz CT molecular complexity index is 217. The van der Waals surface area contributed by atoms with Crippen LogP contribution in [-0.4, -0.2) is 38.1 Å². The third-order valence-corrected chi connectivity index (χ3v) is 1.76. The van der Waals surface area contributed by atoms with Gasteiger partial charge in [-0.25, -0.2) is 4.79 Å². The van der Waals surface area contributed by atoms with Crippen molar-refractivity contribution in [2.24, 2.45) is 5.92 Å². The third-order valence-electron chi connectivity index (χ3n) is 1.76. The van der Waals surface area contributed by atoms with Crippen molar-refractivity contribution >= 4 is 11.9 Å². The van der Waals surface area contributed by atoms with Gasteiger partial charge in [0.25, 0.3) is 0 Å². The summed E-state index contributed by atoms with van der Waals surface area (Å²) in [6.45, 7) is 6.70. The lowest BCUT2D eigenvalue weighted by atomic mass is 10.2. The molecule has 2 N–H and O–H groups in total. The third kappa shape index (κ3) is 6.90. The van der Waals surface area contributed by atoms with Gasteiger partial charge in [0.2, 0.25) is 5.91 Å². The van der Waals surface area contributed by atoms with Crippen LogP contribution in [0, 0.1) is 5.92 Å². The fourth-order valence-electron chi connectivity index (χ4n) is 1.10. The predicted molar refractivity (Wildman–Crippen MR) is 57.3 cm³/mol. The minimum absolute atomic E-state index is 0.239. The first kappa shape index (κ1) is 13.9. The minimum Gasteiger partial charge on any atom is -0.467 e. The average molecular weight is 216 g/mol. The van der Waals surface area contributed by atoms with Crippen LogP contribution in [0.5, 0.6) is 0 Å². The van der Waals surface area contributed by atoms with Crippen LogP contribution in [0.1, 0.15) is 20.8 Å². The van der Waals surface area contributed by atoms with Gasteiger partial charge in [0.1, 0.15) is 6.04 Å². The number of carbonyl (C=O) groups excluding carboxylic acids is 2. The smallest absolute Gasteiger partial charge is 0.329 e. The quantitative estimate of drug-likeness (QED) is 0.609. The highest BCUT2D eigenvalue weighted by Gasteiger charge is 2.19. The Kier molecular flexibility index (Phi) is 6.70. The van der Waals surface area contributed by atoms with Crippen molar-refractivity contribution < 1.29 is 14.3 Å². The molecule has 0 aromatic carbocycles. The number of hydrogen-bond donors (Lipinski definition) is 2. The van der Waals surface area contributed by atoms with Gasteiger partial charge in [-0.2, -0.15) is 0 Å². The normalized spacial score (nSPS) is 12.3. The zero-order valence-electron chi connectivity index (χ0n) is 9.79. The summed E-state index contributed by atoms with van der Waals surface area (Å²) in [5.74, 6) is -0.168. The van der Waals surface area contributed by atoms with Gasteiger partial charge in [-0.05, 0) is 12.5 Å². The van der Waals surface area contributed by atoms with Crippen molar-refractivity contribution in [1.29, 1.82) is 0 Å². The molecule has 0 heterocycles. The molecule has 0 aromatic heterocycles. The van der Waals surface area contributed by atoms with E-state index in [0.29, 0.717) is 12.5 Å². The summed E-state index contributed by atoms with van der Waals surface area (Å²) in [6.07, 6.45) is 0. The molecule has 0 aliphatic rings. The van der Waals surface area contributed by atoms with Gasteiger partial charge in [-0.1, -0.05) is 13.8 Å². The van der Waals surface area contributed by atoms with Gasteiger partial charge < -0.3 is 15.4 Å². The molecule has 0 saturated carbocycles. The molecule has 0 aromatic rings. The summed E-state index contributed by atoms with van der Waals surface area (Å²) in [5, 5.41) is 5.62. The van der Waals surface area contributed by atoms with Gasteiger partial charge in [0.15, 0.2) is 0 Å². The molecular weight excluding hydrogens is 196 g/mol. The maximum Gasteiger partial charge on any atom is 0.329 e. The van der Waals surface area contributed by atoms with E-state index in [2.05, 4.69) is 29.2 Å². The molecule has 0 radical (unpaired) electrons. The number of esters is 1. The van der Waals surface area contributed by atoms with E-state index in [4.69, 9.17) is 0 Å². The fourth-order valence-corrected chi connectivity index (χ4v) is 1.10. The highest BCUT2D eigenvalue weighted by atomic mass is 16.5. The summed E-state index contributed by atoms with van der Waals surface area (Å²) in [6, 6.07) is -0.605. The Morgan fingerprint density at radius 2 is 1.87 bits per heavy atom. The first-order chi connectivity index (χ1) is 6.97. The topological polar surface area (TPSA) is 67.4 Å². The largest absolute Gasteiger partial charge is 0.467 e. The molecule has 5 heteroatoms. The van der Waals surface area contributed by atoms with Crippen molar-refractivity contribution in [2.75, 3.05) is 20.2 Å². The number of methoxy groups -OCH3 is 1. The Hall–Kier alpha value is -1.10. The van der Waals surface area contributed by atoms with Gasteiger partial charge in [-0.3, -0.25) is 4.79 Å². The van der Waals surface area contributed by atoms with Crippen molar-refractivity contribution in [3.63, 3.8) is 0 Å². The molecule has 1 amide bonds. The zero-order valence-corrected chi connectivity index (χ0v) is 9.79. The number of hydrogen-bond acceptors (Lipinski definition) is 4. The fraction of sp³-hybridized carbons (Fsp3) is 0.800. The molecule has 5 nitrogen and oxygen atoms in total. The number of carbonyl (C=O) groups is 2. The van der Waals surface area contributed by atoms with E-state index < -0.39 is 12.0 Å². The number of ether oxygens (including phenoxy) is 1. The summed E-state index contributed by atoms with van der Waals surface area (Å²) in [5.41, 5.74) is 0. The van der Waals surface area contributed by atoms with Gasteiger partial charge in [0, 0.05) is 13.5 Å². The minimum atomic E-state index is -0.605. The van der Waals surface area contributed by atoms with Crippen molar-refractivity contribution in [3.8, 4) is 0 Å². The molecule has 0 bridgehead atoms. The van der Waals surface area contributed by atoms with Crippen molar-refractivity contribution in [3.05, 3.63) is 0 Å². The van der Waals surface area contributed by atoms with E-state index in [0.717, 1.165) is 6.54 Å². The van der Waals surface area contributed by atoms with E-state index in [1.54, 1.807) is 0 Å². The molecule has 15 heavy (non-hydrogen) atoms. The standard InChI is InChI=1S/C10H20N2O3/c1-7(2)5-11-6-9(10(14)15-4)12-8(3)13/h7,9,11H,5-6H2,1-4H3,(H,12,13). The molecule has 0 aliphatic heterocycles. The number of rotatable bonds is 6. The number of amides is 1. The lowest BCUT2D eigenvalue weighted by Gasteiger charge is -2.16.